The quantitative estimate of drug-likeness (QED) is 0.793. The molecular formula is C13H13BrClN3. The van der Waals surface area contributed by atoms with Crippen molar-refractivity contribution < 1.29 is 0 Å². The van der Waals surface area contributed by atoms with Gasteiger partial charge in [-0.3, -0.25) is 0 Å². The van der Waals surface area contributed by atoms with E-state index < -0.39 is 0 Å². The molecule has 1 aliphatic carbocycles. The van der Waals surface area contributed by atoms with E-state index >= 15 is 0 Å². The van der Waals surface area contributed by atoms with E-state index in [1.165, 1.54) is 5.56 Å². The molecule has 1 fully saturated rings. The summed E-state index contributed by atoms with van der Waals surface area (Å²) in [6.07, 6.45) is 3.58. The van der Waals surface area contributed by atoms with Crippen molar-refractivity contribution in [3.8, 4) is 0 Å². The largest absolute Gasteiger partial charge is 0.320 e. The second kappa shape index (κ2) is 4.35. The Kier molecular flexibility index (Phi) is 2.94. The number of alkyl halides is 1. The van der Waals surface area contributed by atoms with Crippen molar-refractivity contribution in [3.05, 3.63) is 46.5 Å². The van der Waals surface area contributed by atoms with Crippen LogP contribution in [0, 0.1) is 0 Å². The standard InChI is InChI=1S/C13H13BrClN3/c1-18-8-16-17-12(18)13(6-11(15)7-13)9-3-2-4-10(14)5-9/h2-5,8,11H,6-7H2,1H3. The van der Waals surface area contributed by atoms with Crippen LogP contribution in [0.4, 0.5) is 0 Å². The molecule has 0 radical (unpaired) electrons. The van der Waals surface area contributed by atoms with Gasteiger partial charge in [0.05, 0.1) is 5.41 Å². The van der Waals surface area contributed by atoms with Crippen LogP contribution in [0.2, 0.25) is 0 Å². The molecule has 1 heterocycles. The summed E-state index contributed by atoms with van der Waals surface area (Å²) in [5, 5.41) is 8.51. The summed E-state index contributed by atoms with van der Waals surface area (Å²) in [5.41, 5.74) is 1.17. The fourth-order valence-corrected chi connectivity index (χ4v) is 3.67. The van der Waals surface area contributed by atoms with Crippen LogP contribution in [0.1, 0.15) is 24.2 Å². The van der Waals surface area contributed by atoms with E-state index in [0.717, 1.165) is 23.1 Å². The van der Waals surface area contributed by atoms with Gasteiger partial charge in [0.25, 0.3) is 0 Å². The van der Waals surface area contributed by atoms with Gasteiger partial charge in [-0.1, -0.05) is 28.1 Å². The normalized spacial score (nSPS) is 26.9. The average molecular weight is 327 g/mol. The third kappa shape index (κ3) is 1.79. The molecule has 5 heteroatoms. The fourth-order valence-electron chi connectivity index (χ4n) is 2.75. The van der Waals surface area contributed by atoms with Gasteiger partial charge in [0.1, 0.15) is 12.2 Å². The number of rotatable bonds is 2. The van der Waals surface area contributed by atoms with Gasteiger partial charge in [-0.2, -0.15) is 0 Å². The van der Waals surface area contributed by atoms with E-state index in [-0.39, 0.29) is 10.8 Å². The Hall–Kier alpha value is -0.870. The van der Waals surface area contributed by atoms with Crippen molar-refractivity contribution in [2.75, 3.05) is 0 Å². The second-order valence-electron chi connectivity index (χ2n) is 4.86. The van der Waals surface area contributed by atoms with Crippen LogP contribution < -0.4 is 0 Å². The first kappa shape index (κ1) is 12.2. The lowest BCUT2D eigenvalue weighted by Gasteiger charge is -2.44. The molecule has 0 atom stereocenters. The molecule has 18 heavy (non-hydrogen) atoms. The highest BCUT2D eigenvalue weighted by molar-refractivity contribution is 9.10. The summed E-state index contributed by atoms with van der Waals surface area (Å²) in [6.45, 7) is 0. The highest BCUT2D eigenvalue weighted by Crippen LogP contribution is 2.50. The monoisotopic (exact) mass is 325 g/mol. The molecule has 3 nitrogen and oxygen atoms in total. The van der Waals surface area contributed by atoms with Crippen LogP contribution in [-0.4, -0.2) is 20.1 Å². The van der Waals surface area contributed by atoms with Crippen molar-refractivity contribution in [3.63, 3.8) is 0 Å². The molecule has 0 N–H and O–H groups in total. The molecule has 0 spiro atoms. The first-order valence-electron chi connectivity index (χ1n) is 5.86. The van der Waals surface area contributed by atoms with Gasteiger partial charge in [-0.25, -0.2) is 0 Å². The number of benzene rings is 1. The van der Waals surface area contributed by atoms with Gasteiger partial charge in [-0.15, -0.1) is 21.8 Å². The number of halogens is 2. The topological polar surface area (TPSA) is 30.7 Å². The smallest absolute Gasteiger partial charge is 0.143 e. The van der Waals surface area contributed by atoms with Gasteiger partial charge in [0.2, 0.25) is 0 Å². The van der Waals surface area contributed by atoms with Crippen LogP contribution in [0.3, 0.4) is 0 Å². The van der Waals surface area contributed by atoms with E-state index in [1.54, 1.807) is 6.33 Å². The third-order valence-electron chi connectivity index (χ3n) is 3.66. The molecule has 1 aromatic heterocycles. The van der Waals surface area contributed by atoms with Crippen LogP contribution in [-0.2, 0) is 12.5 Å². The summed E-state index contributed by atoms with van der Waals surface area (Å²) in [6, 6.07) is 8.38. The van der Waals surface area contributed by atoms with Crippen molar-refractivity contribution in [2.24, 2.45) is 7.05 Å². The minimum absolute atomic E-state index is 0.0819. The van der Waals surface area contributed by atoms with Crippen molar-refractivity contribution in [1.82, 2.24) is 14.8 Å². The summed E-state index contributed by atoms with van der Waals surface area (Å²) in [5.74, 6) is 0.998. The Bertz CT molecular complexity index is 575. The van der Waals surface area contributed by atoms with Gasteiger partial charge in [-0.05, 0) is 30.5 Å². The zero-order valence-electron chi connectivity index (χ0n) is 9.98. The zero-order valence-corrected chi connectivity index (χ0v) is 12.3. The molecule has 1 saturated carbocycles. The molecular weight excluding hydrogens is 314 g/mol. The first-order valence-corrected chi connectivity index (χ1v) is 7.09. The van der Waals surface area contributed by atoms with E-state index in [9.17, 15) is 0 Å². The van der Waals surface area contributed by atoms with E-state index in [2.05, 4.69) is 44.3 Å². The summed E-state index contributed by atoms with van der Waals surface area (Å²) < 4.78 is 3.07. The summed E-state index contributed by atoms with van der Waals surface area (Å²) in [7, 11) is 1.98. The molecule has 2 aromatic rings. The lowest BCUT2D eigenvalue weighted by molar-refractivity contribution is 0.285. The Labute approximate surface area is 119 Å². The minimum atomic E-state index is -0.0819. The van der Waals surface area contributed by atoms with Gasteiger partial charge in [0, 0.05) is 16.9 Å². The number of aryl methyl sites for hydroxylation is 1. The fraction of sp³-hybridized carbons (Fsp3) is 0.385. The lowest BCUT2D eigenvalue weighted by atomic mass is 9.63. The zero-order chi connectivity index (χ0) is 12.8. The molecule has 0 unspecified atom stereocenters. The van der Waals surface area contributed by atoms with Crippen LogP contribution in [0.5, 0.6) is 0 Å². The Balaban J connectivity index is 2.11. The molecule has 0 aliphatic heterocycles. The summed E-state index contributed by atoms with van der Waals surface area (Å²) in [4.78, 5) is 0. The number of aromatic nitrogens is 3. The highest BCUT2D eigenvalue weighted by Gasteiger charge is 2.49. The van der Waals surface area contributed by atoms with E-state index in [0.29, 0.717) is 0 Å². The minimum Gasteiger partial charge on any atom is -0.320 e. The van der Waals surface area contributed by atoms with Crippen molar-refractivity contribution in [1.29, 1.82) is 0 Å². The predicted molar refractivity (Wildman–Crippen MR) is 74.8 cm³/mol. The van der Waals surface area contributed by atoms with Crippen LogP contribution in [0.25, 0.3) is 0 Å². The lowest BCUT2D eigenvalue weighted by Crippen LogP contribution is -2.45. The Morgan fingerprint density at radius 3 is 2.78 bits per heavy atom. The molecule has 1 aliphatic rings. The van der Waals surface area contributed by atoms with Gasteiger partial charge in [0.15, 0.2) is 0 Å². The predicted octanol–water partition coefficient (Wildman–Crippen LogP) is 3.26. The van der Waals surface area contributed by atoms with Gasteiger partial charge < -0.3 is 4.57 Å². The first-order chi connectivity index (χ1) is 8.62. The molecule has 94 valence electrons. The molecule has 1 aromatic carbocycles. The SMILES string of the molecule is Cn1cnnc1C1(c2cccc(Br)c2)CC(Cl)C1. The van der Waals surface area contributed by atoms with Crippen molar-refractivity contribution in [2.45, 2.75) is 23.6 Å². The second-order valence-corrected chi connectivity index (χ2v) is 6.40. The van der Waals surface area contributed by atoms with E-state index in [4.69, 9.17) is 11.6 Å². The maximum absolute atomic E-state index is 6.22. The number of nitrogens with zero attached hydrogens (tertiary/aromatic N) is 3. The maximum atomic E-state index is 6.22. The van der Waals surface area contributed by atoms with Crippen molar-refractivity contribution >= 4 is 27.5 Å². The number of hydrogen-bond acceptors (Lipinski definition) is 2. The Morgan fingerprint density at radius 1 is 1.44 bits per heavy atom. The summed E-state index contributed by atoms with van der Waals surface area (Å²) >= 11 is 9.75. The average Bonchev–Trinajstić information content (AvgIpc) is 2.71. The molecule has 3 rings (SSSR count). The molecule has 0 bridgehead atoms. The highest BCUT2D eigenvalue weighted by atomic mass is 79.9. The third-order valence-corrected chi connectivity index (χ3v) is 4.46. The Morgan fingerprint density at radius 2 is 2.22 bits per heavy atom. The molecule has 0 amide bonds. The van der Waals surface area contributed by atoms with Crippen LogP contribution >= 0.6 is 27.5 Å². The maximum Gasteiger partial charge on any atom is 0.143 e. The van der Waals surface area contributed by atoms with Gasteiger partial charge >= 0.3 is 0 Å². The van der Waals surface area contributed by atoms with E-state index in [1.807, 2.05) is 17.7 Å². The molecule has 0 saturated heterocycles. The van der Waals surface area contributed by atoms with Crippen LogP contribution in [0.15, 0.2) is 35.1 Å². The number of hydrogen-bond donors (Lipinski definition) is 0.